The van der Waals surface area contributed by atoms with Gasteiger partial charge in [0.1, 0.15) is 58.7 Å². The van der Waals surface area contributed by atoms with Gasteiger partial charge in [0, 0.05) is 62.0 Å². The van der Waals surface area contributed by atoms with Gasteiger partial charge in [0.05, 0.1) is 24.3 Å². The Morgan fingerprint density at radius 2 is 1.72 bits per heavy atom. The lowest BCUT2D eigenvalue weighted by Gasteiger charge is -2.35. The lowest BCUT2D eigenvalue weighted by atomic mass is 9.85. The summed E-state index contributed by atoms with van der Waals surface area (Å²) in [6, 6.07) is 2.99. The SMILES string of the molecule is CC[C@@H]1C[C@]1(NC(=O)[C@@H]1C[C@@H](Oc2cc(-c3csc(NC(C)C)n3)nc3c(Cl)c(OCCN4CCN(CC(F)(F)F)CC4)ccc23)CN1C(=O)[C@@H](NC(=O)O[C@H]1CC[C@@H](C)C1)C(C)(C)C)C(=O)O. The van der Waals surface area contributed by atoms with Gasteiger partial charge >= 0.3 is 18.2 Å². The van der Waals surface area contributed by atoms with E-state index < -0.39 is 65.7 Å². The van der Waals surface area contributed by atoms with Crippen molar-refractivity contribution < 1.29 is 51.7 Å². The van der Waals surface area contributed by atoms with Crippen LogP contribution < -0.4 is 25.4 Å². The highest BCUT2D eigenvalue weighted by molar-refractivity contribution is 7.14. The summed E-state index contributed by atoms with van der Waals surface area (Å²) in [7, 11) is 0. The van der Waals surface area contributed by atoms with Crippen molar-refractivity contribution in [2.24, 2.45) is 17.3 Å². The molecule has 2 aromatic heterocycles. The number of anilines is 1. The molecule has 0 spiro atoms. The Morgan fingerprint density at radius 3 is 2.34 bits per heavy atom. The highest BCUT2D eigenvalue weighted by Gasteiger charge is 2.61. The van der Waals surface area contributed by atoms with E-state index in [0.717, 1.165) is 19.3 Å². The first-order valence-electron chi connectivity index (χ1n) is 23.5. The van der Waals surface area contributed by atoms with Crippen LogP contribution in [0.1, 0.15) is 87.0 Å². The maximum atomic E-state index is 14.8. The lowest BCUT2D eigenvalue weighted by molar-refractivity contribution is -0.149. The van der Waals surface area contributed by atoms with E-state index in [-0.39, 0.29) is 49.1 Å². The monoisotopic (exact) mass is 992 g/mol. The normalized spacial score (nSPS) is 25.1. The third kappa shape index (κ3) is 12.2. The molecule has 0 radical (unpaired) electrons. The Bertz CT molecular complexity index is 2320. The second-order valence-corrected chi connectivity index (χ2v) is 21.4. The number of rotatable bonds is 17. The number of carbonyl (C=O) groups is 4. The quantitative estimate of drug-likeness (QED) is 0.105. The second-order valence-electron chi connectivity index (χ2n) is 20.1. The van der Waals surface area contributed by atoms with Crippen LogP contribution in [0.15, 0.2) is 23.6 Å². The molecule has 4 aliphatic rings. The number of nitrogens with one attached hydrogen (secondary N) is 3. The zero-order valence-corrected chi connectivity index (χ0v) is 41.3. The van der Waals surface area contributed by atoms with Gasteiger partial charge in [0.2, 0.25) is 11.8 Å². The minimum atomic E-state index is -4.25. The fourth-order valence-corrected chi connectivity index (χ4v) is 10.6. The van der Waals surface area contributed by atoms with E-state index in [1.807, 2.05) is 31.1 Å². The Labute approximate surface area is 404 Å². The summed E-state index contributed by atoms with van der Waals surface area (Å²) in [4.78, 5) is 69.6. The van der Waals surface area contributed by atoms with Crippen LogP contribution in [-0.4, -0.2) is 148 Å². The standard InChI is InChI=1S/C47H64ClF3N8O8S/c1-8-28-22-46(28,42(62)63)56-40(60)34-20-30(23-59(34)41(61)39(45(5,6)7)55-44(64)67-29-10-9-27(4)19-29)66-36-21-32(33-24-68-43(54-33)52-26(2)3)53-38-31(36)11-12-35(37(38)48)65-18-17-57-13-15-58(16-14-57)25-47(49,50)51/h11-12,21,24,26-30,34,39H,8-10,13-20,22-23,25H2,1-7H3,(H,52,54)(H,55,64)(H,56,60)(H,62,63)/t27-,28-,29+,30-,34+,39-,46-/m1/s1. The molecular formula is C47H64ClF3N8O8S. The number of aliphatic carboxylic acids is 1. The molecule has 0 bridgehead atoms. The molecule has 1 aromatic carbocycles. The first-order valence-corrected chi connectivity index (χ1v) is 24.8. The van der Waals surface area contributed by atoms with Gasteiger partial charge in [0.25, 0.3) is 0 Å². The zero-order valence-electron chi connectivity index (χ0n) is 39.7. The van der Waals surface area contributed by atoms with Crippen molar-refractivity contribution in [1.29, 1.82) is 0 Å². The van der Waals surface area contributed by atoms with Crippen LogP contribution in [0.3, 0.4) is 0 Å². The summed E-state index contributed by atoms with van der Waals surface area (Å²) in [5.74, 6) is -1.54. The van der Waals surface area contributed by atoms with Crippen LogP contribution in [-0.2, 0) is 19.1 Å². The van der Waals surface area contributed by atoms with Crippen molar-refractivity contribution >= 4 is 62.8 Å². The van der Waals surface area contributed by atoms with E-state index >= 15 is 0 Å². The van der Waals surface area contributed by atoms with Gasteiger partial charge < -0.3 is 40.2 Å². The summed E-state index contributed by atoms with van der Waals surface area (Å²) in [6.45, 7) is 14.5. The first-order chi connectivity index (χ1) is 32.0. The van der Waals surface area contributed by atoms with Crippen molar-refractivity contribution in [3.05, 3.63) is 28.6 Å². The number of carbonyl (C=O) groups excluding carboxylic acids is 3. The van der Waals surface area contributed by atoms with Crippen molar-refractivity contribution in [1.82, 2.24) is 35.3 Å². The molecule has 0 unspecified atom stereocenters. The minimum absolute atomic E-state index is 0.0109. The lowest BCUT2D eigenvalue weighted by Crippen LogP contribution is -2.59. The Morgan fingerprint density at radius 1 is 1.00 bits per heavy atom. The number of nitrogens with zero attached hydrogens (tertiary/aromatic N) is 5. The highest BCUT2D eigenvalue weighted by atomic mass is 35.5. The molecular weight excluding hydrogens is 929 g/mol. The summed E-state index contributed by atoms with van der Waals surface area (Å²) in [5.41, 5.74) is -1.01. The molecule has 3 aromatic rings. The van der Waals surface area contributed by atoms with Gasteiger partial charge in [-0.3, -0.25) is 19.4 Å². The Balaban J connectivity index is 1.16. The van der Waals surface area contributed by atoms with Crippen molar-refractivity contribution in [3.63, 3.8) is 0 Å². The summed E-state index contributed by atoms with van der Waals surface area (Å²) in [6.07, 6.45) is -2.90. The number of likely N-dealkylation sites (tertiary alicyclic amines) is 1. The van der Waals surface area contributed by atoms with E-state index in [4.69, 9.17) is 35.8 Å². The predicted octanol–water partition coefficient (Wildman–Crippen LogP) is 7.44. The fraction of sp³-hybridized carbons (Fsp3) is 0.660. The number of fused-ring (bicyclic) bond motifs is 1. The van der Waals surface area contributed by atoms with Crippen LogP contribution in [0.25, 0.3) is 22.3 Å². The number of ether oxygens (including phenoxy) is 3. The third-order valence-electron chi connectivity index (χ3n) is 13.3. The average molecular weight is 994 g/mol. The number of thiazole rings is 1. The smallest absolute Gasteiger partial charge is 0.408 e. The maximum absolute atomic E-state index is 14.8. The molecule has 4 heterocycles. The molecule has 16 nitrogen and oxygen atoms in total. The number of benzene rings is 1. The molecule has 7 rings (SSSR count). The average Bonchev–Trinajstić information content (AvgIpc) is 3.56. The molecule has 2 aliphatic carbocycles. The summed E-state index contributed by atoms with van der Waals surface area (Å²) in [5, 5.41) is 22.3. The number of hydrogen-bond donors (Lipinski definition) is 4. The van der Waals surface area contributed by atoms with Crippen LogP contribution in [0.4, 0.5) is 23.1 Å². The number of amides is 3. The third-order valence-corrected chi connectivity index (χ3v) is 14.5. The van der Waals surface area contributed by atoms with Gasteiger partial charge in [-0.1, -0.05) is 52.6 Å². The van der Waals surface area contributed by atoms with Crippen LogP contribution in [0, 0.1) is 17.3 Å². The molecule has 3 amide bonds. The number of aromatic nitrogens is 2. The van der Waals surface area contributed by atoms with Crippen molar-refractivity contribution in [2.75, 3.05) is 57.7 Å². The Hall–Kier alpha value is -4.66. The van der Waals surface area contributed by atoms with Gasteiger partial charge in [0.15, 0.2) is 5.13 Å². The molecule has 4 fully saturated rings. The van der Waals surface area contributed by atoms with Gasteiger partial charge in [-0.05, 0) is 68.9 Å². The minimum Gasteiger partial charge on any atom is -0.491 e. The Kier molecular flexibility index (Phi) is 15.6. The van der Waals surface area contributed by atoms with E-state index in [0.29, 0.717) is 84.0 Å². The fourth-order valence-electron chi connectivity index (χ4n) is 9.49. The van der Waals surface area contributed by atoms with Gasteiger partial charge in [-0.2, -0.15) is 13.2 Å². The number of carboxylic acid groups (broad SMARTS) is 1. The van der Waals surface area contributed by atoms with Crippen LogP contribution >= 0.6 is 22.9 Å². The number of carboxylic acids is 1. The van der Waals surface area contributed by atoms with Gasteiger partial charge in [-0.15, -0.1) is 11.3 Å². The largest absolute Gasteiger partial charge is 0.491 e. The predicted molar refractivity (Wildman–Crippen MR) is 252 cm³/mol. The number of alkyl halides is 3. The molecule has 68 heavy (non-hydrogen) atoms. The van der Waals surface area contributed by atoms with E-state index in [2.05, 4.69) is 22.9 Å². The van der Waals surface area contributed by atoms with Crippen LogP contribution in [0.2, 0.25) is 5.02 Å². The molecule has 7 atom stereocenters. The molecule has 21 heteroatoms. The van der Waals surface area contributed by atoms with E-state index in [1.165, 1.54) is 21.1 Å². The van der Waals surface area contributed by atoms with E-state index in [1.54, 1.807) is 39.0 Å². The summed E-state index contributed by atoms with van der Waals surface area (Å²) >= 11 is 8.49. The summed E-state index contributed by atoms with van der Waals surface area (Å²) < 4.78 is 57.5. The molecule has 2 saturated carbocycles. The number of pyridine rings is 1. The van der Waals surface area contributed by atoms with E-state index in [9.17, 15) is 37.5 Å². The van der Waals surface area contributed by atoms with Crippen LogP contribution in [0.5, 0.6) is 11.5 Å². The molecule has 4 N–H and O–H groups in total. The van der Waals surface area contributed by atoms with Crippen molar-refractivity contribution in [3.8, 4) is 22.9 Å². The second kappa shape index (κ2) is 20.7. The highest BCUT2D eigenvalue weighted by Crippen LogP contribution is 2.47. The topological polar surface area (TPSA) is 188 Å². The molecule has 374 valence electrons. The number of alkyl carbamates (subject to hydrolysis) is 1. The number of halogens is 4. The number of piperazine rings is 1. The van der Waals surface area contributed by atoms with Gasteiger partial charge in [-0.25, -0.2) is 19.6 Å². The number of hydrogen-bond acceptors (Lipinski definition) is 13. The first kappa shape index (κ1) is 51.2. The maximum Gasteiger partial charge on any atom is 0.408 e. The zero-order chi connectivity index (χ0) is 49.3. The molecule has 2 saturated heterocycles. The molecule has 2 aliphatic heterocycles. The van der Waals surface area contributed by atoms with Crippen molar-refractivity contribution in [2.45, 2.75) is 129 Å².